The second-order valence-electron chi connectivity index (χ2n) is 9.81. The summed E-state index contributed by atoms with van der Waals surface area (Å²) < 4.78 is 48.1. The molecular formula is C28H41FN2O4S. The summed E-state index contributed by atoms with van der Waals surface area (Å²) in [5.41, 5.74) is 0.608. The van der Waals surface area contributed by atoms with E-state index in [9.17, 15) is 17.9 Å². The van der Waals surface area contributed by atoms with Gasteiger partial charge in [0.15, 0.2) is 4.75 Å². The minimum Gasteiger partial charge on any atom is -0.456 e. The van der Waals surface area contributed by atoms with Crippen molar-refractivity contribution in [1.82, 2.24) is 4.72 Å². The molecule has 0 aliphatic carbocycles. The van der Waals surface area contributed by atoms with E-state index in [1.807, 2.05) is 19.1 Å². The molecule has 1 aliphatic rings. The highest BCUT2D eigenvalue weighted by Crippen LogP contribution is 2.45. The Hall–Kier alpha value is -2.45. The normalized spacial score (nSPS) is 22.1. The number of amidine groups is 1. The summed E-state index contributed by atoms with van der Waals surface area (Å²) in [4.78, 5) is 4.33. The van der Waals surface area contributed by atoms with Crippen LogP contribution in [0.2, 0.25) is 0 Å². The molecule has 2 N–H and O–H groups in total. The maximum atomic E-state index is 14.3. The number of rotatable bonds is 8. The Morgan fingerprint density at radius 3 is 2.22 bits per heavy atom. The van der Waals surface area contributed by atoms with Gasteiger partial charge in [0.05, 0.1) is 6.04 Å². The van der Waals surface area contributed by atoms with Gasteiger partial charge in [0, 0.05) is 12.2 Å². The number of unbranched alkanes of at least 4 members (excludes halogenated alkanes) is 3. The summed E-state index contributed by atoms with van der Waals surface area (Å²) in [5.74, 6) is -0.483. The Labute approximate surface area is 216 Å². The predicted octanol–water partition coefficient (Wildman–Crippen LogP) is 6.14. The molecule has 2 aromatic carbocycles. The topological polar surface area (TPSA) is 88.0 Å². The molecule has 2 aromatic rings. The van der Waals surface area contributed by atoms with Crippen molar-refractivity contribution >= 4 is 16.0 Å². The standard InChI is InChI=1S/C22H27FN2O4S.C6H14/c1-15-8-7-9-16(14-15)22(4)21(2,3)29-20(25-30(22,27)28)24-19(12-13-26)17-10-5-6-11-18(17)23;1-3-5-6-4-2/h5-11,14,19,26H,12-13H2,1-4H3,(H,24,25);3-6H2,1-2H3/t19-,22?;/m0./s1. The minimum absolute atomic E-state index is 0.116. The number of hydrogen-bond acceptors (Lipinski definition) is 5. The molecular weight excluding hydrogens is 479 g/mol. The van der Waals surface area contributed by atoms with Crippen molar-refractivity contribution in [1.29, 1.82) is 0 Å². The van der Waals surface area contributed by atoms with Crippen molar-refractivity contribution in [3.05, 3.63) is 71.0 Å². The van der Waals surface area contributed by atoms with Crippen molar-refractivity contribution in [2.45, 2.75) is 90.0 Å². The second kappa shape index (κ2) is 12.7. The van der Waals surface area contributed by atoms with Gasteiger partial charge in [-0.05, 0) is 45.7 Å². The number of nitrogens with zero attached hydrogens (tertiary/aromatic N) is 1. The summed E-state index contributed by atoms with van der Waals surface area (Å²) in [6, 6.07) is 12.3. The third-order valence-corrected chi connectivity index (χ3v) is 8.97. The second-order valence-corrected chi connectivity index (χ2v) is 11.8. The lowest BCUT2D eigenvalue weighted by Crippen LogP contribution is -2.63. The average molecular weight is 521 g/mol. The Kier molecular flexibility index (Phi) is 10.5. The van der Waals surface area contributed by atoms with E-state index >= 15 is 0 Å². The van der Waals surface area contributed by atoms with Crippen LogP contribution in [0.15, 0.2) is 53.5 Å². The molecule has 1 saturated heterocycles. The molecule has 1 unspecified atom stereocenters. The van der Waals surface area contributed by atoms with Crippen LogP contribution in [-0.2, 0) is 19.5 Å². The maximum absolute atomic E-state index is 14.3. The number of aliphatic imine (C=N–C) groups is 1. The molecule has 0 amide bonds. The van der Waals surface area contributed by atoms with Gasteiger partial charge in [-0.3, -0.25) is 0 Å². The van der Waals surface area contributed by atoms with E-state index in [2.05, 4.69) is 23.6 Å². The van der Waals surface area contributed by atoms with Crippen LogP contribution in [0.1, 0.15) is 89.5 Å². The highest BCUT2D eigenvalue weighted by atomic mass is 32.2. The first kappa shape index (κ1) is 29.8. The fourth-order valence-corrected chi connectivity index (χ4v) is 5.85. The summed E-state index contributed by atoms with van der Waals surface area (Å²) in [7, 11) is -3.96. The summed E-state index contributed by atoms with van der Waals surface area (Å²) >= 11 is 0. The highest BCUT2D eigenvalue weighted by molar-refractivity contribution is 7.91. The Morgan fingerprint density at radius 2 is 1.69 bits per heavy atom. The van der Waals surface area contributed by atoms with Crippen LogP contribution in [0.3, 0.4) is 0 Å². The molecule has 3 rings (SSSR count). The van der Waals surface area contributed by atoms with Gasteiger partial charge in [-0.25, -0.2) is 22.5 Å². The molecule has 200 valence electrons. The molecule has 2 atom stereocenters. The SMILES string of the molecule is CCCCCC.Cc1cccc(C2(C)C(C)(C)OC(=N[C@@H](CCO)c3ccccc3F)NS2(=O)=O)c1. The number of aryl methyl sites for hydroxylation is 1. The highest BCUT2D eigenvalue weighted by Gasteiger charge is 2.59. The number of aliphatic hydroxyl groups is 1. The van der Waals surface area contributed by atoms with Gasteiger partial charge in [0.2, 0.25) is 10.0 Å². The van der Waals surface area contributed by atoms with Gasteiger partial charge in [-0.1, -0.05) is 87.6 Å². The van der Waals surface area contributed by atoms with Gasteiger partial charge >= 0.3 is 0 Å². The molecule has 0 radical (unpaired) electrons. The van der Waals surface area contributed by atoms with E-state index in [1.54, 1.807) is 51.1 Å². The summed E-state index contributed by atoms with van der Waals surface area (Å²) in [6.07, 6.45) is 5.65. The summed E-state index contributed by atoms with van der Waals surface area (Å²) in [6.45, 7) is 11.1. The Balaban J connectivity index is 0.000000678. The quantitative estimate of drug-likeness (QED) is 0.409. The molecule has 1 heterocycles. The number of sulfonamides is 1. The van der Waals surface area contributed by atoms with Crippen molar-refractivity contribution in [2.24, 2.45) is 4.99 Å². The lowest BCUT2D eigenvalue weighted by atomic mass is 9.84. The molecule has 0 bridgehead atoms. The first-order valence-corrected chi connectivity index (χ1v) is 14.1. The third-order valence-electron chi connectivity index (χ3n) is 6.73. The van der Waals surface area contributed by atoms with E-state index in [-0.39, 0.29) is 24.6 Å². The number of nitrogens with one attached hydrogen (secondary N) is 1. The third kappa shape index (κ3) is 6.65. The minimum atomic E-state index is -3.96. The van der Waals surface area contributed by atoms with E-state index in [1.165, 1.54) is 31.7 Å². The van der Waals surface area contributed by atoms with Crippen LogP contribution in [0.25, 0.3) is 0 Å². The average Bonchev–Trinajstić information content (AvgIpc) is 2.81. The zero-order valence-corrected chi connectivity index (χ0v) is 23.2. The Bertz CT molecular complexity index is 1130. The fraction of sp³-hybridized carbons (Fsp3) is 0.536. The summed E-state index contributed by atoms with van der Waals surface area (Å²) in [5, 5.41) is 9.41. The van der Waals surface area contributed by atoms with Crippen LogP contribution >= 0.6 is 0 Å². The van der Waals surface area contributed by atoms with Crippen molar-refractivity contribution in [3.63, 3.8) is 0 Å². The molecule has 1 fully saturated rings. The molecule has 36 heavy (non-hydrogen) atoms. The van der Waals surface area contributed by atoms with E-state index in [4.69, 9.17) is 4.74 Å². The van der Waals surface area contributed by atoms with Gasteiger partial charge in [-0.2, -0.15) is 0 Å². The van der Waals surface area contributed by atoms with Crippen LogP contribution in [-0.4, -0.2) is 31.8 Å². The molecule has 0 spiro atoms. The monoisotopic (exact) mass is 520 g/mol. The lowest BCUT2D eigenvalue weighted by molar-refractivity contribution is 0.0381. The zero-order chi connectivity index (χ0) is 27.0. The number of aliphatic hydroxyl groups excluding tert-OH is 1. The lowest BCUT2D eigenvalue weighted by Gasteiger charge is -2.47. The number of halogens is 1. The fourth-order valence-electron chi connectivity index (χ4n) is 4.20. The van der Waals surface area contributed by atoms with Gasteiger partial charge < -0.3 is 9.84 Å². The van der Waals surface area contributed by atoms with Crippen LogP contribution in [0.5, 0.6) is 0 Å². The maximum Gasteiger partial charge on any atom is 0.299 e. The number of hydrogen-bond donors (Lipinski definition) is 2. The van der Waals surface area contributed by atoms with Crippen molar-refractivity contribution in [3.8, 4) is 0 Å². The van der Waals surface area contributed by atoms with E-state index < -0.39 is 32.2 Å². The molecule has 0 aromatic heterocycles. The first-order valence-electron chi connectivity index (χ1n) is 12.6. The number of benzene rings is 2. The zero-order valence-electron chi connectivity index (χ0n) is 22.3. The Morgan fingerprint density at radius 1 is 1.06 bits per heavy atom. The van der Waals surface area contributed by atoms with Gasteiger partial charge in [0.1, 0.15) is 11.4 Å². The molecule has 0 saturated carbocycles. The van der Waals surface area contributed by atoms with E-state index in [0.717, 1.165) is 5.56 Å². The largest absolute Gasteiger partial charge is 0.456 e. The van der Waals surface area contributed by atoms with Gasteiger partial charge in [-0.15, -0.1) is 0 Å². The smallest absolute Gasteiger partial charge is 0.299 e. The molecule has 1 aliphatic heterocycles. The van der Waals surface area contributed by atoms with Gasteiger partial charge in [0.25, 0.3) is 6.02 Å². The van der Waals surface area contributed by atoms with E-state index in [0.29, 0.717) is 5.56 Å². The molecule has 8 heteroatoms. The van der Waals surface area contributed by atoms with Crippen molar-refractivity contribution in [2.75, 3.05) is 6.61 Å². The molecule has 6 nitrogen and oxygen atoms in total. The van der Waals surface area contributed by atoms with Crippen molar-refractivity contribution < 1.29 is 22.7 Å². The van der Waals surface area contributed by atoms with Crippen LogP contribution < -0.4 is 4.72 Å². The van der Waals surface area contributed by atoms with Crippen LogP contribution in [0.4, 0.5) is 4.39 Å². The first-order chi connectivity index (χ1) is 16.9. The predicted molar refractivity (Wildman–Crippen MR) is 144 cm³/mol. The van der Waals surface area contributed by atoms with Crippen LogP contribution in [0, 0.1) is 12.7 Å². The number of ether oxygens (including phenoxy) is 1.